The van der Waals surface area contributed by atoms with E-state index in [1.165, 1.54) is 31.4 Å². The Balaban J connectivity index is 1.80. The van der Waals surface area contributed by atoms with Crippen LogP contribution in [0, 0.1) is 5.82 Å². The minimum Gasteiger partial charge on any atom is -0.495 e. The van der Waals surface area contributed by atoms with Gasteiger partial charge in [0.2, 0.25) is 5.91 Å². The molecule has 0 radical (unpaired) electrons. The standard InChI is InChI=1S/C18H15ClFNO4/c1-23-16-4-3-13(19)8-15(16)21-17(22)5-2-11-6-14(20)7-12-9-24-10-25-18(11)12/h2-8H,9-10H2,1H3,(H,21,22)/b5-2+. The number of fused-ring (bicyclic) bond motifs is 1. The first-order valence-corrected chi connectivity index (χ1v) is 7.80. The summed E-state index contributed by atoms with van der Waals surface area (Å²) in [6.07, 6.45) is 2.77. The van der Waals surface area contributed by atoms with E-state index in [9.17, 15) is 9.18 Å². The average Bonchev–Trinajstić information content (AvgIpc) is 2.59. The first-order valence-electron chi connectivity index (χ1n) is 7.42. The van der Waals surface area contributed by atoms with Crippen LogP contribution in [0.3, 0.4) is 0 Å². The molecule has 2 aromatic carbocycles. The highest BCUT2D eigenvalue weighted by Crippen LogP contribution is 2.31. The Morgan fingerprint density at radius 1 is 1.36 bits per heavy atom. The summed E-state index contributed by atoms with van der Waals surface area (Å²) in [4.78, 5) is 12.2. The van der Waals surface area contributed by atoms with Crippen molar-refractivity contribution in [3.05, 3.63) is 58.4 Å². The van der Waals surface area contributed by atoms with E-state index in [1.807, 2.05) is 0 Å². The summed E-state index contributed by atoms with van der Waals surface area (Å²) in [5.41, 5.74) is 1.50. The zero-order chi connectivity index (χ0) is 17.8. The van der Waals surface area contributed by atoms with Gasteiger partial charge >= 0.3 is 0 Å². The fourth-order valence-electron chi connectivity index (χ4n) is 2.45. The molecule has 0 bridgehead atoms. The summed E-state index contributed by atoms with van der Waals surface area (Å²) in [6.45, 7) is 0.352. The maximum atomic E-state index is 13.7. The number of anilines is 1. The molecule has 1 heterocycles. The molecule has 0 saturated carbocycles. The number of hydrogen-bond donors (Lipinski definition) is 1. The van der Waals surface area contributed by atoms with Crippen LogP contribution in [0.4, 0.5) is 10.1 Å². The largest absolute Gasteiger partial charge is 0.495 e. The quantitative estimate of drug-likeness (QED) is 0.834. The van der Waals surface area contributed by atoms with Crippen molar-refractivity contribution in [1.82, 2.24) is 0 Å². The lowest BCUT2D eigenvalue weighted by Crippen LogP contribution is -2.13. The molecule has 2 aromatic rings. The predicted molar refractivity (Wildman–Crippen MR) is 92.4 cm³/mol. The van der Waals surface area contributed by atoms with E-state index in [4.69, 9.17) is 25.8 Å². The summed E-state index contributed by atoms with van der Waals surface area (Å²) in [5.74, 6) is 0.154. The van der Waals surface area contributed by atoms with Gasteiger partial charge in [0.25, 0.3) is 0 Å². The molecule has 1 N–H and O–H groups in total. The van der Waals surface area contributed by atoms with Crippen LogP contribution in [-0.4, -0.2) is 19.8 Å². The number of amides is 1. The van der Waals surface area contributed by atoms with Gasteiger partial charge in [-0.05, 0) is 36.4 Å². The van der Waals surface area contributed by atoms with Gasteiger partial charge in [0.15, 0.2) is 6.79 Å². The molecule has 0 saturated heterocycles. The van der Waals surface area contributed by atoms with Gasteiger partial charge in [-0.1, -0.05) is 11.6 Å². The van der Waals surface area contributed by atoms with Crippen molar-refractivity contribution in [3.63, 3.8) is 0 Å². The highest BCUT2D eigenvalue weighted by atomic mass is 35.5. The molecule has 0 aromatic heterocycles. The number of carbonyl (C=O) groups excluding carboxylic acids is 1. The first kappa shape index (κ1) is 17.3. The number of benzene rings is 2. The minimum atomic E-state index is -0.426. The van der Waals surface area contributed by atoms with Gasteiger partial charge in [-0.25, -0.2) is 4.39 Å². The number of ether oxygens (including phenoxy) is 3. The zero-order valence-corrected chi connectivity index (χ0v) is 14.1. The summed E-state index contributed by atoms with van der Waals surface area (Å²) in [7, 11) is 1.49. The molecule has 7 heteroatoms. The third kappa shape index (κ3) is 4.10. The van der Waals surface area contributed by atoms with E-state index in [1.54, 1.807) is 18.2 Å². The van der Waals surface area contributed by atoms with E-state index >= 15 is 0 Å². The van der Waals surface area contributed by atoms with Crippen LogP contribution < -0.4 is 14.8 Å². The number of rotatable bonds is 4. The van der Waals surface area contributed by atoms with Crippen LogP contribution in [0.25, 0.3) is 6.08 Å². The number of nitrogens with one attached hydrogen (secondary N) is 1. The van der Waals surface area contributed by atoms with Gasteiger partial charge < -0.3 is 19.5 Å². The molecule has 0 aliphatic carbocycles. The minimum absolute atomic E-state index is 0.0887. The Hall–Kier alpha value is -2.57. The molecule has 0 unspecified atom stereocenters. The van der Waals surface area contributed by atoms with Crippen LogP contribution in [0.5, 0.6) is 11.5 Å². The van der Waals surface area contributed by atoms with Crippen LogP contribution in [0.2, 0.25) is 5.02 Å². The Morgan fingerprint density at radius 2 is 2.20 bits per heavy atom. The van der Waals surface area contributed by atoms with Gasteiger partial charge in [-0.2, -0.15) is 0 Å². The van der Waals surface area contributed by atoms with Crippen LogP contribution >= 0.6 is 11.6 Å². The number of carbonyl (C=O) groups is 1. The maximum Gasteiger partial charge on any atom is 0.248 e. The molecule has 1 amide bonds. The molecular weight excluding hydrogens is 349 g/mol. The fraction of sp³-hybridized carbons (Fsp3) is 0.167. The molecule has 1 aliphatic heterocycles. The van der Waals surface area contributed by atoms with E-state index in [0.29, 0.717) is 33.3 Å². The average molecular weight is 364 g/mol. The second-order valence-electron chi connectivity index (χ2n) is 5.26. The highest BCUT2D eigenvalue weighted by molar-refractivity contribution is 6.31. The van der Waals surface area contributed by atoms with Gasteiger partial charge in [0.1, 0.15) is 17.3 Å². The van der Waals surface area contributed by atoms with Gasteiger partial charge in [0, 0.05) is 22.2 Å². The van der Waals surface area contributed by atoms with Crippen molar-refractivity contribution in [2.75, 3.05) is 19.2 Å². The smallest absolute Gasteiger partial charge is 0.248 e. The van der Waals surface area contributed by atoms with E-state index in [-0.39, 0.29) is 13.4 Å². The van der Waals surface area contributed by atoms with Gasteiger partial charge in [-0.15, -0.1) is 0 Å². The predicted octanol–water partition coefficient (Wildman–Crippen LogP) is 4.01. The monoisotopic (exact) mass is 363 g/mol. The summed E-state index contributed by atoms with van der Waals surface area (Å²) >= 11 is 5.93. The van der Waals surface area contributed by atoms with Crippen LogP contribution in [-0.2, 0) is 16.1 Å². The fourth-order valence-corrected chi connectivity index (χ4v) is 2.62. The molecule has 1 aliphatic rings. The van der Waals surface area contributed by atoms with Crippen molar-refractivity contribution >= 4 is 29.3 Å². The first-order chi connectivity index (χ1) is 12.1. The summed E-state index contributed by atoms with van der Waals surface area (Å²) in [5, 5.41) is 3.14. The molecule has 5 nitrogen and oxygen atoms in total. The molecule has 0 atom stereocenters. The SMILES string of the molecule is COc1ccc(Cl)cc1NC(=O)/C=C/c1cc(F)cc2c1OCOC2. The van der Waals surface area contributed by atoms with Gasteiger partial charge in [0.05, 0.1) is 19.4 Å². The van der Waals surface area contributed by atoms with Crippen molar-refractivity contribution in [2.24, 2.45) is 0 Å². The van der Waals surface area contributed by atoms with Crippen molar-refractivity contribution in [2.45, 2.75) is 6.61 Å². The Morgan fingerprint density at radius 3 is 3.00 bits per heavy atom. The lowest BCUT2D eigenvalue weighted by Gasteiger charge is -2.19. The Bertz CT molecular complexity index is 838. The van der Waals surface area contributed by atoms with E-state index < -0.39 is 11.7 Å². The lowest BCUT2D eigenvalue weighted by molar-refractivity contribution is -0.111. The third-order valence-electron chi connectivity index (χ3n) is 3.54. The lowest BCUT2D eigenvalue weighted by atomic mass is 10.1. The Labute approximate surface area is 149 Å². The molecule has 0 fully saturated rings. The molecule has 3 rings (SSSR count). The van der Waals surface area contributed by atoms with E-state index in [0.717, 1.165) is 0 Å². The molecular formula is C18H15ClFNO4. The van der Waals surface area contributed by atoms with Crippen LogP contribution in [0.15, 0.2) is 36.4 Å². The number of methoxy groups -OCH3 is 1. The molecule has 0 spiro atoms. The second-order valence-corrected chi connectivity index (χ2v) is 5.70. The highest BCUT2D eigenvalue weighted by Gasteiger charge is 2.16. The topological polar surface area (TPSA) is 56.8 Å². The molecule has 130 valence electrons. The zero-order valence-electron chi connectivity index (χ0n) is 13.3. The Kier molecular flexibility index (Phi) is 5.21. The number of halogens is 2. The van der Waals surface area contributed by atoms with Gasteiger partial charge in [-0.3, -0.25) is 4.79 Å². The van der Waals surface area contributed by atoms with Crippen molar-refractivity contribution < 1.29 is 23.4 Å². The summed E-state index contributed by atoms with van der Waals surface area (Å²) < 4.78 is 29.4. The third-order valence-corrected chi connectivity index (χ3v) is 3.77. The van der Waals surface area contributed by atoms with Crippen molar-refractivity contribution in [1.29, 1.82) is 0 Å². The number of hydrogen-bond acceptors (Lipinski definition) is 4. The normalized spacial score (nSPS) is 13.2. The molecule has 25 heavy (non-hydrogen) atoms. The van der Waals surface area contributed by atoms with E-state index in [2.05, 4.69) is 5.32 Å². The maximum absolute atomic E-state index is 13.7. The van der Waals surface area contributed by atoms with Crippen molar-refractivity contribution in [3.8, 4) is 11.5 Å². The van der Waals surface area contributed by atoms with Crippen LogP contribution in [0.1, 0.15) is 11.1 Å². The second kappa shape index (κ2) is 7.55. The summed E-state index contributed by atoms with van der Waals surface area (Å²) in [6, 6.07) is 7.54.